The van der Waals surface area contributed by atoms with E-state index in [2.05, 4.69) is 12.2 Å². The number of amides is 1. The van der Waals surface area contributed by atoms with Crippen molar-refractivity contribution in [2.24, 2.45) is 11.8 Å². The first-order valence-electron chi connectivity index (χ1n) is 7.59. The number of carbonyl (C=O) groups is 2. The van der Waals surface area contributed by atoms with Crippen LogP contribution in [0, 0.1) is 11.8 Å². The number of hydrogen-bond donors (Lipinski definition) is 2. The average molecular weight is 269 g/mol. The molecule has 0 radical (unpaired) electrons. The molecule has 4 heteroatoms. The van der Waals surface area contributed by atoms with E-state index in [1.807, 2.05) is 0 Å². The Kier molecular flexibility index (Phi) is 7.53. The molecule has 1 amide bonds. The van der Waals surface area contributed by atoms with Crippen molar-refractivity contribution in [1.82, 2.24) is 5.32 Å². The molecule has 0 unspecified atom stereocenters. The molecule has 0 bridgehead atoms. The van der Waals surface area contributed by atoms with Crippen LogP contribution in [0.15, 0.2) is 0 Å². The van der Waals surface area contributed by atoms with Gasteiger partial charge < -0.3 is 10.4 Å². The van der Waals surface area contributed by atoms with E-state index in [1.54, 1.807) is 0 Å². The van der Waals surface area contributed by atoms with Gasteiger partial charge in [-0.2, -0.15) is 0 Å². The molecule has 2 atom stereocenters. The van der Waals surface area contributed by atoms with Crippen LogP contribution < -0.4 is 5.32 Å². The predicted octanol–water partition coefficient (Wildman–Crippen LogP) is 2.96. The predicted molar refractivity (Wildman–Crippen MR) is 74.9 cm³/mol. The molecule has 1 rings (SSSR count). The molecule has 0 heterocycles. The van der Waals surface area contributed by atoms with Gasteiger partial charge in [0, 0.05) is 18.9 Å². The fraction of sp³-hybridized carbons (Fsp3) is 0.867. The first-order valence-corrected chi connectivity index (χ1v) is 7.59. The minimum absolute atomic E-state index is 0.218. The van der Waals surface area contributed by atoms with Gasteiger partial charge in [-0.05, 0) is 31.6 Å². The highest BCUT2D eigenvalue weighted by Gasteiger charge is 2.24. The summed E-state index contributed by atoms with van der Waals surface area (Å²) in [4.78, 5) is 22.3. The lowest BCUT2D eigenvalue weighted by molar-refractivity contribution is -0.137. The zero-order valence-corrected chi connectivity index (χ0v) is 12.0. The number of unbranched alkanes of at least 4 members (excludes halogenated alkanes) is 3. The Bertz CT molecular complexity index is 291. The van der Waals surface area contributed by atoms with Gasteiger partial charge in [0.25, 0.3) is 0 Å². The van der Waals surface area contributed by atoms with E-state index in [0.29, 0.717) is 5.92 Å². The monoisotopic (exact) mass is 269 g/mol. The number of rotatable bonds is 8. The molecular weight excluding hydrogens is 242 g/mol. The van der Waals surface area contributed by atoms with Crippen molar-refractivity contribution in [3.8, 4) is 0 Å². The Balaban J connectivity index is 1.99. The fourth-order valence-corrected chi connectivity index (χ4v) is 2.78. The molecule has 0 aromatic rings. The molecule has 1 fully saturated rings. The fourth-order valence-electron chi connectivity index (χ4n) is 2.78. The SMILES string of the molecule is C[C@@H]1CCC[C@@H](C(=O)NCCCCCCC(=O)O)C1. The van der Waals surface area contributed by atoms with E-state index in [9.17, 15) is 9.59 Å². The second-order valence-electron chi connectivity index (χ2n) is 5.82. The maximum absolute atomic E-state index is 11.9. The first-order chi connectivity index (χ1) is 9.09. The minimum Gasteiger partial charge on any atom is -0.481 e. The molecular formula is C15H27NO3. The lowest BCUT2D eigenvalue weighted by atomic mass is 9.82. The van der Waals surface area contributed by atoms with Crippen molar-refractivity contribution in [2.75, 3.05) is 6.54 Å². The lowest BCUT2D eigenvalue weighted by Gasteiger charge is -2.25. The Morgan fingerprint density at radius 1 is 1.16 bits per heavy atom. The van der Waals surface area contributed by atoms with Crippen LogP contribution in [-0.2, 0) is 9.59 Å². The van der Waals surface area contributed by atoms with Crippen LogP contribution in [0.2, 0.25) is 0 Å². The normalized spacial score (nSPS) is 23.0. The molecule has 2 N–H and O–H groups in total. The van der Waals surface area contributed by atoms with Gasteiger partial charge in [-0.1, -0.05) is 32.6 Å². The van der Waals surface area contributed by atoms with Crippen molar-refractivity contribution in [2.45, 2.75) is 64.7 Å². The second kappa shape index (κ2) is 8.94. The summed E-state index contributed by atoms with van der Waals surface area (Å²) in [7, 11) is 0. The molecule has 19 heavy (non-hydrogen) atoms. The Morgan fingerprint density at radius 2 is 1.89 bits per heavy atom. The van der Waals surface area contributed by atoms with Crippen LogP contribution in [0.1, 0.15) is 64.7 Å². The standard InChI is InChI=1S/C15H27NO3/c1-12-7-6-8-13(11-12)15(19)16-10-5-3-2-4-9-14(17)18/h12-13H,2-11H2,1H3,(H,16,19)(H,17,18)/t12-,13-/m1/s1. The zero-order chi connectivity index (χ0) is 14.1. The van der Waals surface area contributed by atoms with Gasteiger partial charge in [-0.25, -0.2) is 0 Å². The number of carboxylic acids is 1. The van der Waals surface area contributed by atoms with Gasteiger partial charge in [0.05, 0.1) is 0 Å². The highest BCUT2D eigenvalue weighted by atomic mass is 16.4. The molecule has 110 valence electrons. The third-order valence-electron chi connectivity index (χ3n) is 3.92. The zero-order valence-electron chi connectivity index (χ0n) is 12.0. The van der Waals surface area contributed by atoms with Gasteiger partial charge in [-0.15, -0.1) is 0 Å². The van der Waals surface area contributed by atoms with E-state index in [4.69, 9.17) is 5.11 Å². The molecule has 0 spiro atoms. The van der Waals surface area contributed by atoms with Crippen molar-refractivity contribution in [3.05, 3.63) is 0 Å². The van der Waals surface area contributed by atoms with Crippen LogP contribution in [0.4, 0.5) is 0 Å². The van der Waals surface area contributed by atoms with E-state index < -0.39 is 5.97 Å². The van der Waals surface area contributed by atoms with Crippen LogP contribution in [0.25, 0.3) is 0 Å². The highest BCUT2D eigenvalue weighted by Crippen LogP contribution is 2.28. The topological polar surface area (TPSA) is 66.4 Å². The smallest absolute Gasteiger partial charge is 0.303 e. The van der Waals surface area contributed by atoms with Crippen molar-refractivity contribution in [1.29, 1.82) is 0 Å². The molecule has 0 aliphatic heterocycles. The number of hydrogen-bond acceptors (Lipinski definition) is 2. The molecule has 0 aromatic carbocycles. The third-order valence-corrected chi connectivity index (χ3v) is 3.92. The second-order valence-corrected chi connectivity index (χ2v) is 5.82. The third kappa shape index (κ3) is 7.19. The van der Waals surface area contributed by atoms with E-state index in [0.717, 1.165) is 45.1 Å². The van der Waals surface area contributed by atoms with Gasteiger partial charge in [0.2, 0.25) is 5.91 Å². The molecule has 0 saturated heterocycles. The molecule has 1 saturated carbocycles. The van der Waals surface area contributed by atoms with Crippen LogP contribution >= 0.6 is 0 Å². The summed E-state index contributed by atoms with van der Waals surface area (Å²) in [5.74, 6) is 0.396. The summed E-state index contributed by atoms with van der Waals surface area (Å²) in [6.45, 7) is 2.96. The molecule has 4 nitrogen and oxygen atoms in total. The molecule has 1 aliphatic rings. The maximum atomic E-state index is 11.9. The van der Waals surface area contributed by atoms with Crippen molar-refractivity contribution < 1.29 is 14.7 Å². The van der Waals surface area contributed by atoms with Crippen molar-refractivity contribution in [3.63, 3.8) is 0 Å². The largest absolute Gasteiger partial charge is 0.481 e. The molecule has 1 aliphatic carbocycles. The van der Waals surface area contributed by atoms with Gasteiger partial charge in [-0.3, -0.25) is 9.59 Å². The number of carbonyl (C=O) groups excluding carboxylic acids is 1. The van der Waals surface area contributed by atoms with Crippen molar-refractivity contribution >= 4 is 11.9 Å². The lowest BCUT2D eigenvalue weighted by Crippen LogP contribution is -2.34. The summed E-state index contributed by atoms with van der Waals surface area (Å²) in [5.41, 5.74) is 0. The minimum atomic E-state index is -0.722. The summed E-state index contributed by atoms with van der Waals surface area (Å²) in [6.07, 6.45) is 8.38. The summed E-state index contributed by atoms with van der Waals surface area (Å²) in [5, 5.41) is 11.5. The van der Waals surface area contributed by atoms with Gasteiger partial charge in [0.1, 0.15) is 0 Å². The number of aliphatic carboxylic acids is 1. The maximum Gasteiger partial charge on any atom is 0.303 e. The van der Waals surface area contributed by atoms with Crippen LogP contribution in [0.5, 0.6) is 0 Å². The van der Waals surface area contributed by atoms with Gasteiger partial charge >= 0.3 is 5.97 Å². The van der Waals surface area contributed by atoms with E-state index in [-0.39, 0.29) is 18.2 Å². The average Bonchev–Trinajstić information content (AvgIpc) is 2.37. The Labute approximate surface area is 116 Å². The summed E-state index contributed by atoms with van der Waals surface area (Å²) >= 11 is 0. The Morgan fingerprint density at radius 3 is 2.58 bits per heavy atom. The summed E-state index contributed by atoms with van der Waals surface area (Å²) in [6, 6.07) is 0. The highest BCUT2D eigenvalue weighted by molar-refractivity contribution is 5.78. The van der Waals surface area contributed by atoms with Gasteiger partial charge in [0.15, 0.2) is 0 Å². The van der Waals surface area contributed by atoms with E-state index >= 15 is 0 Å². The Hall–Kier alpha value is -1.06. The number of nitrogens with one attached hydrogen (secondary N) is 1. The van der Waals surface area contributed by atoms with E-state index in [1.165, 1.54) is 12.8 Å². The first kappa shape index (κ1) is 16.0. The van der Waals surface area contributed by atoms with Crippen LogP contribution in [0.3, 0.4) is 0 Å². The van der Waals surface area contributed by atoms with Crippen LogP contribution in [-0.4, -0.2) is 23.5 Å². The molecule has 0 aromatic heterocycles. The summed E-state index contributed by atoms with van der Waals surface area (Å²) < 4.78 is 0. The number of carboxylic acid groups (broad SMARTS) is 1. The quantitative estimate of drug-likeness (QED) is 0.666.